The summed E-state index contributed by atoms with van der Waals surface area (Å²) in [6.07, 6.45) is 0. The van der Waals surface area contributed by atoms with Crippen molar-refractivity contribution >= 4 is 12.4 Å². The third-order valence-corrected chi connectivity index (χ3v) is 1.36. The van der Waals surface area contributed by atoms with Crippen LogP contribution in [0.5, 0.6) is 5.75 Å². The predicted octanol–water partition coefficient (Wildman–Crippen LogP) is 2.32. The van der Waals surface area contributed by atoms with Gasteiger partial charge in [0.1, 0.15) is 5.75 Å². The highest BCUT2D eigenvalue weighted by Crippen LogP contribution is 2.09. The first-order valence-electron chi connectivity index (χ1n) is 3.79. The Morgan fingerprint density at radius 1 is 1.25 bits per heavy atom. The molecule has 0 aliphatic carbocycles. The molecule has 0 amide bonds. The van der Waals surface area contributed by atoms with Crippen molar-refractivity contribution in [2.24, 2.45) is 0 Å². The van der Waals surface area contributed by atoms with Crippen molar-refractivity contribution in [1.82, 2.24) is 5.48 Å². The monoisotopic (exact) mass is 187 g/mol. The molecular weight excluding hydrogens is 174 g/mol. The van der Waals surface area contributed by atoms with Gasteiger partial charge in [0.25, 0.3) is 0 Å². The zero-order chi connectivity index (χ0) is 8.10. The molecule has 0 heterocycles. The molecule has 0 aliphatic heterocycles. The largest absolute Gasteiger partial charge is 0.409 e. The van der Waals surface area contributed by atoms with Gasteiger partial charge in [-0.2, -0.15) is 5.48 Å². The topological polar surface area (TPSA) is 21.3 Å². The number of nitrogens with one attached hydrogen (secondary N) is 1. The number of halogens is 1. The molecule has 68 valence electrons. The van der Waals surface area contributed by atoms with Gasteiger partial charge in [-0.3, -0.25) is 0 Å². The zero-order valence-electron chi connectivity index (χ0n) is 7.33. The molecule has 12 heavy (non-hydrogen) atoms. The standard InChI is InChI=1S/C9H13NO.ClH/c1-3-10-11-9-6-4-8(2)5-7-9;/h4-7,10H,3H2,1-2H3;1H. The molecule has 0 bridgehead atoms. The van der Waals surface area contributed by atoms with E-state index in [1.807, 2.05) is 31.2 Å². The van der Waals surface area contributed by atoms with Gasteiger partial charge in [-0.15, -0.1) is 12.4 Å². The summed E-state index contributed by atoms with van der Waals surface area (Å²) >= 11 is 0. The maximum atomic E-state index is 5.16. The lowest BCUT2D eigenvalue weighted by atomic mass is 10.2. The van der Waals surface area contributed by atoms with Crippen LogP contribution in [0.4, 0.5) is 0 Å². The van der Waals surface area contributed by atoms with Crippen molar-refractivity contribution in [1.29, 1.82) is 0 Å². The van der Waals surface area contributed by atoms with Crippen molar-refractivity contribution in [3.63, 3.8) is 0 Å². The van der Waals surface area contributed by atoms with Gasteiger partial charge < -0.3 is 4.84 Å². The summed E-state index contributed by atoms with van der Waals surface area (Å²) in [4.78, 5) is 5.16. The quantitative estimate of drug-likeness (QED) is 0.734. The minimum Gasteiger partial charge on any atom is -0.409 e. The van der Waals surface area contributed by atoms with Crippen LogP contribution in [0.1, 0.15) is 12.5 Å². The smallest absolute Gasteiger partial charge is 0.147 e. The van der Waals surface area contributed by atoms with Gasteiger partial charge in [-0.25, -0.2) is 0 Å². The predicted molar refractivity (Wildman–Crippen MR) is 52.7 cm³/mol. The lowest BCUT2D eigenvalue weighted by Crippen LogP contribution is -2.16. The van der Waals surface area contributed by atoms with E-state index in [9.17, 15) is 0 Å². The molecule has 0 saturated carbocycles. The Balaban J connectivity index is 0.00000121. The Morgan fingerprint density at radius 3 is 2.33 bits per heavy atom. The van der Waals surface area contributed by atoms with Crippen LogP contribution in [-0.2, 0) is 0 Å². The number of rotatable bonds is 3. The molecule has 0 aromatic heterocycles. The summed E-state index contributed by atoms with van der Waals surface area (Å²) in [5.74, 6) is 0.859. The normalized spacial score (nSPS) is 8.83. The van der Waals surface area contributed by atoms with E-state index in [0.29, 0.717) is 0 Å². The van der Waals surface area contributed by atoms with E-state index in [1.54, 1.807) is 0 Å². The van der Waals surface area contributed by atoms with Crippen molar-refractivity contribution in [3.8, 4) is 5.75 Å². The third-order valence-electron chi connectivity index (χ3n) is 1.36. The lowest BCUT2D eigenvalue weighted by Gasteiger charge is -2.03. The van der Waals surface area contributed by atoms with E-state index in [1.165, 1.54) is 5.56 Å². The van der Waals surface area contributed by atoms with E-state index >= 15 is 0 Å². The molecule has 0 spiro atoms. The minimum atomic E-state index is 0. The summed E-state index contributed by atoms with van der Waals surface area (Å²) in [5, 5.41) is 0. The third kappa shape index (κ3) is 3.60. The molecule has 0 unspecified atom stereocenters. The van der Waals surface area contributed by atoms with E-state index < -0.39 is 0 Å². The molecule has 0 fully saturated rings. The first-order valence-corrected chi connectivity index (χ1v) is 3.79. The highest BCUT2D eigenvalue weighted by Gasteiger charge is 1.89. The van der Waals surface area contributed by atoms with Gasteiger partial charge in [0.2, 0.25) is 0 Å². The van der Waals surface area contributed by atoms with Gasteiger partial charge in [-0.05, 0) is 26.0 Å². The van der Waals surface area contributed by atoms with Crippen LogP contribution in [0.15, 0.2) is 24.3 Å². The second-order valence-electron chi connectivity index (χ2n) is 2.41. The molecule has 0 aliphatic rings. The van der Waals surface area contributed by atoms with Crippen LogP contribution in [0.25, 0.3) is 0 Å². The van der Waals surface area contributed by atoms with E-state index in [4.69, 9.17) is 4.84 Å². The Labute approximate surface area is 79.3 Å². The highest BCUT2D eigenvalue weighted by molar-refractivity contribution is 5.85. The van der Waals surface area contributed by atoms with Gasteiger partial charge in [-0.1, -0.05) is 17.7 Å². The first-order chi connectivity index (χ1) is 5.33. The number of hydrogen-bond donors (Lipinski definition) is 1. The molecule has 1 N–H and O–H groups in total. The minimum absolute atomic E-state index is 0. The van der Waals surface area contributed by atoms with E-state index in [2.05, 4.69) is 12.4 Å². The summed E-state index contributed by atoms with van der Waals surface area (Å²) < 4.78 is 0. The molecule has 2 nitrogen and oxygen atoms in total. The molecular formula is C9H14ClNO. The zero-order valence-corrected chi connectivity index (χ0v) is 8.15. The van der Waals surface area contributed by atoms with Crippen LogP contribution < -0.4 is 10.3 Å². The van der Waals surface area contributed by atoms with Crippen LogP contribution in [0, 0.1) is 6.92 Å². The summed E-state index contributed by atoms with van der Waals surface area (Å²) in [6.45, 7) is 4.86. The van der Waals surface area contributed by atoms with E-state index in [-0.39, 0.29) is 12.4 Å². The average molecular weight is 188 g/mol. The summed E-state index contributed by atoms with van der Waals surface area (Å²) in [6, 6.07) is 7.93. The molecule has 3 heteroatoms. The molecule has 0 radical (unpaired) electrons. The Morgan fingerprint density at radius 2 is 1.83 bits per heavy atom. The second kappa shape index (κ2) is 5.86. The molecule has 1 aromatic carbocycles. The number of hydroxylamine groups is 1. The molecule has 0 saturated heterocycles. The number of aryl methyl sites for hydroxylation is 1. The number of hydrogen-bond acceptors (Lipinski definition) is 2. The van der Waals surface area contributed by atoms with Crippen molar-refractivity contribution in [3.05, 3.63) is 29.8 Å². The highest BCUT2D eigenvalue weighted by atomic mass is 35.5. The van der Waals surface area contributed by atoms with Crippen molar-refractivity contribution in [2.45, 2.75) is 13.8 Å². The fourth-order valence-corrected chi connectivity index (χ4v) is 0.762. The Kier molecular flexibility index (Phi) is 5.51. The van der Waals surface area contributed by atoms with Crippen molar-refractivity contribution < 1.29 is 4.84 Å². The van der Waals surface area contributed by atoms with Crippen molar-refractivity contribution in [2.75, 3.05) is 6.54 Å². The maximum absolute atomic E-state index is 5.16. The average Bonchev–Trinajstić information content (AvgIpc) is 2.04. The Bertz CT molecular complexity index is 210. The Hall–Kier alpha value is -0.730. The molecule has 1 aromatic rings. The van der Waals surface area contributed by atoms with E-state index in [0.717, 1.165) is 12.3 Å². The summed E-state index contributed by atoms with van der Waals surface area (Å²) in [5.41, 5.74) is 4.03. The van der Waals surface area contributed by atoms with Crippen LogP contribution in [-0.4, -0.2) is 6.54 Å². The van der Waals surface area contributed by atoms with Gasteiger partial charge >= 0.3 is 0 Å². The first kappa shape index (κ1) is 11.3. The van der Waals surface area contributed by atoms with Gasteiger partial charge in [0, 0.05) is 6.54 Å². The second-order valence-corrected chi connectivity index (χ2v) is 2.41. The fourth-order valence-electron chi connectivity index (χ4n) is 0.762. The van der Waals surface area contributed by atoms with Crippen LogP contribution >= 0.6 is 12.4 Å². The van der Waals surface area contributed by atoms with Gasteiger partial charge in [0.15, 0.2) is 0 Å². The molecule has 1 rings (SSSR count). The summed E-state index contributed by atoms with van der Waals surface area (Å²) in [7, 11) is 0. The van der Waals surface area contributed by atoms with Crippen LogP contribution in [0.2, 0.25) is 0 Å². The lowest BCUT2D eigenvalue weighted by molar-refractivity contribution is 0.202. The fraction of sp³-hybridized carbons (Fsp3) is 0.333. The number of benzene rings is 1. The maximum Gasteiger partial charge on any atom is 0.147 e. The SMILES string of the molecule is CCNOc1ccc(C)cc1.Cl. The molecule has 0 atom stereocenters. The van der Waals surface area contributed by atoms with Crippen LogP contribution in [0.3, 0.4) is 0 Å². The van der Waals surface area contributed by atoms with Gasteiger partial charge in [0.05, 0.1) is 0 Å².